The van der Waals surface area contributed by atoms with E-state index in [-0.39, 0.29) is 5.12 Å². The van der Waals surface area contributed by atoms with Gasteiger partial charge in [0.05, 0.1) is 11.3 Å². The molecular formula is C14H14O3S. The van der Waals surface area contributed by atoms with Crippen LogP contribution in [0.2, 0.25) is 0 Å². The molecule has 1 aromatic rings. The number of aryl methyl sites for hydroxylation is 2. The zero-order valence-corrected chi connectivity index (χ0v) is 11.4. The van der Waals surface area contributed by atoms with Gasteiger partial charge in [0.1, 0.15) is 0 Å². The lowest BCUT2D eigenvalue weighted by atomic mass is 9.99. The monoisotopic (exact) mass is 262 g/mol. The molecular weight excluding hydrogens is 248 g/mol. The van der Waals surface area contributed by atoms with Gasteiger partial charge in [-0.2, -0.15) is 0 Å². The Balaban J connectivity index is 2.93. The summed E-state index contributed by atoms with van der Waals surface area (Å²) in [5.74, 6) is 5.35. The third kappa shape index (κ3) is 3.94. The van der Waals surface area contributed by atoms with Crippen LogP contribution in [0.25, 0.3) is 0 Å². The van der Waals surface area contributed by atoms with Gasteiger partial charge in [0, 0.05) is 12.5 Å². The summed E-state index contributed by atoms with van der Waals surface area (Å²) in [7, 11) is 0. The number of carbonyl (C=O) groups excluding carboxylic acids is 1. The van der Waals surface area contributed by atoms with Crippen molar-refractivity contribution < 1.29 is 14.7 Å². The van der Waals surface area contributed by atoms with Crippen molar-refractivity contribution in [3.05, 3.63) is 34.4 Å². The number of benzene rings is 1. The molecule has 0 aliphatic carbocycles. The van der Waals surface area contributed by atoms with Crippen LogP contribution in [-0.4, -0.2) is 21.9 Å². The summed E-state index contributed by atoms with van der Waals surface area (Å²) >= 11 is 1.16. The molecule has 0 spiro atoms. The first-order valence-electron chi connectivity index (χ1n) is 5.38. The summed E-state index contributed by atoms with van der Waals surface area (Å²) in [6.45, 7) is 5.01. The molecule has 0 heterocycles. The third-order valence-electron chi connectivity index (χ3n) is 2.33. The normalized spacial score (nSPS) is 9.50. The van der Waals surface area contributed by atoms with Crippen LogP contribution in [0.3, 0.4) is 0 Å². The van der Waals surface area contributed by atoms with Crippen molar-refractivity contribution in [1.82, 2.24) is 0 Å². The Hall–Kier alpha value is -1.73. The van der Waals surface area contributed by atoms with Gasteiger partial charge in [-0.15, -0.1) is 0 Å². The SMILES string of the molecule is CC(=O)SCC#Cc1cc(C)c(C(=O)O)c(C)c1. The van der Waals surface area contributed by atoms with Crippen molar-refractivity contribution >= 4 is 22.8 Å². The van der Waals surface area contributed by atoms with Crippen molar-refractivity contribution in [1.29, 1.82) is 0 Å². The molecule has 0 atom stereocenters. The first kappa shape index (κ1) is 14.3. The number of rotatable bonds is 2. The molecule has 18 heavy (non-hydrogen) atoms. The molecule has 3 nitrogen and oxygen atoms in total. The fraction of sp³-hybridized carbons (Fsp3) is 0.286. The Kier molecular flexibility index (Phi) is 4.99. The van der Waals surface area contributed by atoms with Crippen LogP contribution in [0, 0.1) is 25.7 Å². The molecule has 94 valence electrons. The number of carbonyl (C=O) groups is 2. The minimum atomic E-state index is -0.920. The zero-order chi connectivity index (χ0) is 13.7. The maximum atomic E-state index is 11.0. The van der Waals surface area contributed by atoms with E-state index >= 15 is 0 Å². The van der Waals surface area contributed by atoms with Crippen LogP contribution in [0.5, 0.6) is 0 Å². The first-order valence-corrected chi connectivity index (χ1v) is 6.37. The average Bonchev–Trinajstić information content (AvgIpc) is 2.22. The van der Waals surface area contributed by atoms with E-state index < -0.39 is 5.97 Å². The van der Waals surface area contributed by atoms with Crippen molar-refractivity contribution in [3.63, 3.8) is 0 Å². The molecule has 0 saturated heterocycles. The maximum absolute atomic E-state index is 11.0. The maximum Gasteiger partial charge on any atom is 0.336 e. The van der Waals surface area contributed by atoms with Gasteiger partial charge < -0.3 is 5.11 Å². The largest absolute Gasteiger partial charge is 0.478 e. The number of thioether (sulfide) groups is 1. The van der Waals surface area contributed by atoms with E-state index in [4.69, 9.17) is 5.11 Å². The predicted molar refractivity (Wildman–Crippen MR) is 72.9 cm³/mol. The fourth-order valence-electron chi connectivity index (χ4n) is 1.65. The molecule has 0 saturated carbocycles. The topological polar surface area (TPSA) is 54.4 Å². The zero-order valence-electron chi connectivity index (χ0n) is 10.5. The van der Waals surface area contributed by atoms with Gasteiger partial charge in [0.25, 0.3) is 0 Å². The molecule has 0 aliphatic rings. The summed E-state index contributed by atoms with van der Waals surface area (Å²) in [5.41, 5.74) is 2.51. The van der Waals surface area contributed by atoms with E-state index in [9.17, 15) is 9.59 Å². The van der Waals surface area contributed by atoms with Gasteiger partial charge in [-0.05, 0) is 37.1 Å². The summed E-state index contributed by atoms with van der Waals surface area (Å²) < 4.78 is 0. The van der Waals surface area contributed by atoms with Crippen molar-refractivity contribution in [2.45, 2.75) is 20.8 Å². The van der Waals surface area contributed by atoms with Gasteiger partial charge in [-0.3, -0.25) is 4.79 Å². The van der Waals surface area contributed by atoms with Gasteiger partial charge in [-0.25, -0.2) is 4.79 Å². The minimum Gasteiger partial charge on any atom is -0.478 e. The van der Waals surface area contributed by atoms with Crippen LogP contribution in [0.1, 0.15) is 34.0 Å². The Morgan fingerprint density at radius 1 is 1.28 bits per heavy atom. The highest BCUT2D eigenvalue weighted by atomic mass is 32.2. The molecule has 1 rings (SSSR count). The average molecular weight is 262 g/mol. The van der Waals surface area contributed by atoms with E-state index in [1.165, 1.54) is 6.92 Å². The molecule has 0 radical (unpaired) electrons. The van der Waals surface area contributed by atoms with E-state index in [2.05, 4.69) is 11.8 Å². The number of hydrogen-bond acceptors (Lipinski definition) is 3. The Morgan fingerprint density at radius 2 is 1.83 bits per heavy atom. The molecule has 0 aliphatic heterocycles. The van der Waals surface area contributed by atoms with Crippen molar-refractivity contribution in [2.75, 3.05) is 5.75 Å². The summed E-state index contributed by atoms with van der Waals surface area (Å²) in [6, 6.07) is 3.50. The Labute approximate surface area is 111 Å². The van der Waals surface area contributed by atoms with Gasteiger partial charge in [0.2, 0.25) is 0 Å². The molecule has 0 amide bonds. The van der Waals surface area contributed by atoms with E-state index in [0.29, 0.717) is 22.4 Å². The molecule has 1 aromatic carbocycles. The number of carboxylic acids is 1. The summed E-state index contributed by atoms with van der Waals surface area (Å²) in [5, 5.41) is 9.08. The Bertz CT molecular complexity index is 527. The summed E-state index contributed by atoms with van der Waals surface area (Å²) in [6.07, 6.45) is 0. The first-order chi connectivity index (χ1) is 8.41. The third-order valence-corrected chi connectivity index (χ3v) is 3.02. The molecule has 1 N–H and O–H groups in total. The lowest BCUT2D eigenvalue weighted by Gasteiger charge is -2.05. The standard InChI is InChI=1S/C14H14O3S/c1-9-7-12(5-4-6-18-11(3)15)8-10(2)13(9)14(16)17/h7-8H,6H2,1-3H3,(H,16,17). The number of aromatic carboxylic acids is 1. The number of hydrogen-bond donors (Lipinski definition) is 1. The second-order valence-corrected chi connectivity index (χ2v) is 5.02. The van der Waals surface area contributed by atoms with Crippen LogP contribution in [0.4, 0.5) is 0 Å². The molecule has 0 unspecified atom stereocenters. The van der Waals surface area contributed by atoms with Gasteiger partial charge in [-0.1, -0.05) is 23.6 Å². The van der Waals surface area contributed by atoms with Crippen LogP contribution in [-0.2, 0) is 4.79 Å². The minimum absolute atomic E-state index is 0.0397. The van der Waals surface area contributed by atoms with Gasteiger partial charge in [0.15, 0.2) is 5.12 Å². The smallest absolute Gasteiger partial charge is 0.336 e. The summed E-state index contributed by atoms with van der Waals surface area (Å²) in [4.78, 5) is 21.7. The number of carboxylic acid groups (broad SMARTS) is 1. The second kappa shape index (κ2) is 6.27. The fourth-order valence-corrected chi connectivity index (χ4v) is 2.00. The van der Waals surface area contributed by atoms with E-state index in [1.54, 1.807) is 26.0 Å². The second-order valence-electron chi connectivity index (χ2n) is 3.87. The quantitative estimate of drug-likeness (QED) is 0.832. The lowest BCUT2D eigenvalue weighted by molar-refractivity contribution is -0.109. The van der Waals surface area contributed by atoms with Crippen molar-refractivity contribution in [2.24, 2.45) is 0 Å². The van der Waals surface area contributed by atoms with Crippen LogP contribution in [0.15, 0.2) is 12.1 Å². The highest BCUT2D eigenvalue weighted by Crippen LogP contribution is 2.16. The Morgan fingerprint density at radius 3 is 2.28 bits per heavy atom. The lowest BCUT2D eigenvalue weighted by Crippen LogP contribution is -2.03. The molecule has 4 heteroatoms. The molecule has 0 aromatic heterocycles. The van der Waals surface area contributed by atoms with Crippen LogP contribution < -0.4 is 0 Å². The van der Waals surface area contributed by atoms with Crippen molar-refractivity contribution in [3.8, 4) is 11.8 Å². The van der Waals surface area contributed by atoms with E-state index in [1.807, 2.05) is 0 Å². The van der Waals surface area contributed by atoms with Crippen LogP contribution >= 0.6 is 11.8 Å². The highest BCUT2D eigenvalue weighted by Gasteiger charge is 2.10. The predicted octanol–water partition coefficient (Wildman–Crippen LogP) is 2.63. The van der Waals surface area contributed by atoms with Gasteiger partial charge >= 0.3 is 5.97 Å². The highest BCUT2D eigenvalue weighted by molar-refractivity contribution is 8.13. The molecule has 0 bridgehead atoms. The molecule has 0 fully saturated rings. The van der Waals surface area contributed by atoms with E-state index in [0.717, 1.165) is 17.3 Å².